The van der Waals surface area contributed by atoms with Crippen molar-refractivity contribution in [1.29, 1.82) is 0 Å². The molecule has 0 saturated carbocycles. The Morgan fingerprint density at radius 3 is 2.78 bits per heavy atom. The number of pyridine rings is 1. The second-order valence-corrected chi connectivity index (χ2v) is 5.04. The van der Waals surface area contributed by atoms with Crippen molar-refractivity contribution in [3.8, 4) is 0 Å². The standard InChI is InChI=1S/C14H12BrN3/c1-10-7-13-12(17-14(10)15)8-16-18(13)9-11-5-3-2-4-6-11/h2-8H,9H2,1H3. The van der Waals surface area contributed by atoms with E-state index in [2.05, 4.69) is 44.2 Å². The average molecular weight is 302 g/mol. The highest BCUT2D eigenvalue weighted by Gasteiger charge is 2.07. The van der Waals surface area contributed by atoms with Gasteiger partial charge in [-0.2, -0.15) is 5.10 Å². The number of nitrogens with zero attached hydrogens (tertiary/aromatic N) is 3. The van der Waals surface area contributed by atoms with Gasteiger partial charge in [-0.15, -0.1) is 0 Å². The van der Waals surface area contributed by atoms with Crippen molar-refractivity contribution in [2.75, 3.05) is 0 Å². The normalized spacial score (nSPS) is 11.0. The molecule has 0 amide bonds. The van der Waals surface area contributed by atoms with E-state index in [0.29, 0.717) is 0 Å². The Balaban J connectivity index is 2.05. The number of rotatable bonds is 2. The van der Waals surface area contributed by atoms with Gasteiger partial charge in [0.15, 0.2) is 0 Å². The fraction of sp³-hybridized carbons (Fsp3) is 0.143. The van der Waals surface area contributed by atoms with Gasteiger partial charge in [0, 0.05) is 0 Å². The molecule has 0 unspecified atom stereocenters. The van der Waals surface area contributed by atoms with Crippen molar-refractivity contribution in [2.24, 2.45) is 0 Å². The van der Waals surface area contributed by atoms with E-state index in [1.807, 2.05) is 36.0 Å². The molecular weight excluding hydrogens is 290 g/mol. The predicted molar refractivity (Wildman–Crippen MR) is 75.5 cm³/mol. The molecule has 18 heavy (non-hydrogen) atoms. The first kappa shape index (κ1) is 11.4. The number of hydrogen-bond acceptors (Lipinski definition) is 2. The maximum atomic E-state index is 4.47. The first-order chi connectivity index (χ1) is 8.74. The van der Waals surface area contributed by atoms with Crippen molar-refractivity contribution in [1.82, 2.24) is 14.8 Å². The van der Waals surface area contributed by atoms with Gasteiger partial charge in [-0.3, -0.25) is 4.68 Å². The smallest absolute Gasteiger partial charge is 0.110 e. The van der Waals surface area contributed by atoms with E-state index in [0.717, 1.165) is 27.7 Å². The number of fused-ring (bicyclic) bond motifs is 1. The number of benzene rings is 1. The molecule has 0 atom stereocenters. The molecule has 4 heteroatoms. The molecule has 2 heterocycles. The number of aromatic nitrogens is 3. The first-order valence-corrected chi connectivity index (χ1v) is 6.56. The quantitative estimate of drug-likeness (QED) is 0.678. The van der Waals surface area contributed by atoms with Crippen LogP contribution < -0.4 is 0 Å². The lowest BCUT2D eigenvalue weighted by Crippen LogP contribution is -2.01. The van der Waals surface area contributed by atoms with E-state index in [9.17, 15) is 0 Å². The molecule has 0 aliphatic rings. The summed E-state index contributed by atoms with van der Waals surface area (Å²) in [6, 6.07) is 12.4. The summed E-state index contributed by atoms with van der Waals surface area (Å²) in [6.07, 6.45) is 1.81. The van der Waals surface area contributed by atoms with Crippen LogP contribution in [0.3, 0.4) is 0 Å². The summed E-state index contributed by atoms with van der Waals surface area (Å²) < 4.78 is 2.87. The third kappa shape index (κ3) is 2.04. The molecule has 3 nitrogen and oxygen atoms in total. The predicted octanol–water partition coefficient (Wildman–Crippen LogP) is 3.55. The van der Waals surface area contributed by atoms with Gasteiger partial charge in [-0.25, -0.2) is 4.98 Å². The number of hydrogen-bond donors (Lipinski definition) is 0. The Kier molecular flexibility index (Phi) is 2.88. The van der Waals surface area contributed by atoms with Gasteiger partial charge in [0.1, 0.15) is 10.1 Å². The van der Waals surface area contributed by atoms with E-state index < -0.39 is 0 Å². The third-order valence-corrected chi connectivity index (χ3v) is 3.74. The van der Waals surface area contributed by atoms with Crippen molar-refractivity contribution in [3.05, 3.63) is 58.3 Å². The highest BCUT2D eigenvalue weighted by atomic mass is 79.9. The lowest BCUT2D eigenvalue weighted by Gasteiger charge is -2.04. The molecule has 0 spiro atoms. The maximum Gasteiger partial charge on any atom is 0.110 e. The lowest BCUT2D eigenvalue weighted by atomic mass is 10.2. The molecule has 0 aliphatic carbocycles. The molecule has 90 valence electrons. The van der Waals surface area contributed by atoms with Gasteiger partial charge < -0.3 is 0 Å². The summed E-state index contributed by atoms with van der Waals surface area (Å²) in [7, 11) is 0. The van der Waals surface area contributed by atoms with E-state index in [1.165, 1.54) is 5.56 Å². The second kappa shape index (κ2) is 4.53. The second-order valence-electron chi connectivity index (χ2n) is 4.29. The minimum absolute atomic E-state index is 0.771. The Hall–Kier alpha value is -1.68. The van der Waals surface area contributed by atoms with Crippen molar-refractivity contribution in [2.45, 2.75) is 13.5 Å². The largest absolute Gasteiger partial charge is 0.259 e. The van der Waals surface area contributed by atoms with Crippen LogP contribution in [0.15, 0.2) is 47.2 Å². The zero-order valence-electron chi connectivity index (χ0n) is 9.97. The minimum atomic E-state index is 0.771. The molecule has 0 radical (unpaired) electrons. The van der Waals surface area contributed by atoms with Gasteiger partial charge in [0.2, 0.25) is 0 Å². The summed E-state index contributed by atoms with van der Waals surface area (Å²) in [5, 5.41) is 4.41. The Bertz CT molecular complexity index is 689. The maximum absolute atomic E-state index is 4.47. The Morgan fingerprint density at radius 1 is 1.22 bits per heavy atom. The van der Waals surface area contributed by atoms with Gasteiger partial charge in [-0.1, -0.05) is 30.3 Å². The van der Waals surface area contributed by atoms with Crippen molar-refractivity contribution in [3.63, 3.8) is 0 Å². The van der Waals surface area contributed by atoms with E-state index in [1.54, 1.807) is 0 Å². The average Bonchev–Trinajstić information content (AvgIpc) is 2.74. The van der Waals surface area contributed by atoms with Gasteiger partial charge >= 0.3 is 0 Å². The third-order valence-electron chi connectivity index (χ3n) is 2.93. The fourth-order valence-electron chi connectivity index (χ4n) is 1.96. The van der Waals surface area contributed by atoms with Crippen LogP contribution >= 0.6 is 15.9 Å². The fourth-order valence-corrected chi connectivity index (χ4v) is 2.27. The molecule has 0 aliphatic heterocycles. The zero-order chi connectivity index (χ0) is 12.5. The van der Waals surface area contributed by atoms with Crippen LogP contribution in [0, 0.1) is 6.92 Å². The minimum Gasteiger partial charge on any atom is -0.259 e. The molecule has 0 bridgehead atoms. The van der Waals surface area contributed by atoms with Crippen LogP contribution in [-0.2, 0) is 6.54 Å². The molecule has 0 N–H and O–H groups in total. The van der Waals surface area contributed by atoms with Gasteiger partial charge in [0.25, 0.3) is 0 Å². The number of halogens is 1. The van der Waals surface area contributed by atoms with Gasteiger partial charge in [-0.05, 0) is 40.0 Å². The Morgan fingerprint density at radius 2 is 2.00 bits per heavy atom. The van der Waals surface area contributed by atoms with Crippen LogP contribution in [0.1, 0.15) is 11.1 Å². The van der Waals surface area contributed by atoms with Crippen molar-refractivity contribution >= 4 is 27.0 Å². The van der Waals surface area contributed by atoms with Crippen molar-refractivity contribution < 1.29 is 0 Å². The van der Waals surface area contributed by atoms with Crippen LogP contribution in [0.4, 0.5) is 0 Å². The van der Waals surface area contributed by atoms with Crippen LogP contribution in [-0.4, -0.2) is 14.8 Å². The first-order valence-electron chi connectivity index (χ1n) is 5.76. The monoisotopic (exact) mass is 301 g/mol. The highest BCUT2D eigenvalue weighted by molar-refractivity contribution is 9.10. The van der Waals surface area contributed by atoms with E-state index >= 15 is 0 Å². The van der Waals surface area contributed by atoms with Crippen LogP contribution in [0.5, 0.6) is 0 Å². The van der Waals surface area contributed by atoms with Gasteiger partial charge in [0.05, 0.1) is 18.3 Å². The Labute approximate surface area is 114 Å². The zero-order valence-corrected chi connectivity index (χ0v) is 11.6. The summed E-state index contributed by atoms with van der Waals surface area (Å²) in [5.41, 5.74) is 4.35. The number of aryl methyl sites for hydroxylation is 1. The topological polar surface area (TPSA) is 30.7 Å². The molecule has 2 aromatic heterocycles. The molecule has 0 fully saturated rings. The molecule has 3 aromatic rings. The SMILES string of the molecule is Cc1cc2c(cnn2Cc2ccccc2)nc1Br. The summed E-state index contributed by atoms with van der Waals surface area (Å²) >= 11 is 3.44. The molecule has 1 aromatic carbocycles. The molecule has 3 rings (SSSR count). The van der Waals surface area contributed by atoms with E-state index in [4.69, 9.17) is 0 Å². The molecule has 0 saturated heterocycles. The van der Waals surface area contributed by atoms with Crippen LogP contribution in [0.25, 0.3) is 11.0 Å². The van der Waals surface area contributed by atoms with E-state index in [-0.39, 0.29) is 0 Å². The summed E-state index contributed by atoms with van der Waals surface area (Å²) in [4.78, 5) is 4.47. The summed E-state index contributed by atoms with van der Waals surface area (Å²) in [5.74, 6) is 0. The highest BCUT2D eigenvalue weighted by Crippen LogP contribution is 2.20. The molecular formula is C14H12BrN3. The van der Waals surface area contributed by atoms with Crippen LogP contribution in [0.2, 0.25) is 0 Å². The summed E-state index contributed by atoms with van der Waals surface area (Å²) in [6.45, 7) is 2.81. The lowest BCUT2D eigenvalue weighted by molar-refractivity contribution is 0.712.